The summed E-state index contributed by atoms with van der Waals surface area (Å²) >= 11 is 4.24. The van der Waals surface area contributed by atoms with Crippen molar-refractivity contribution in [1.82, 2.24) is 4.90 Å². The Kier molecular flexibility index (Phi) is 5.60. The number of imide groups is 1. The van der Waals surface area contributed by atoms with E-state index in [2.05, 4.69) is 15.9 Å². The van der Waals surface area contributed by atoms with E-state index in [1.165, 1.54) is 10.5 Å². The quantitative estimate of drug-likeness (QED) is 0.708. The molecular formula is C19H16BrNO3S. The third-order valence-corrected chi connectivity index (χ3v) is 5.24. The van der Waals surface area contributed by atoms with Crippen molar-refractivity contribution in [2.75, 3.05) is 6.54 Å². The Morgan fingerprint density at radius 3 is 2.64 bits per heavy atom. The van der Waals surface area contributed by atoms with Crippen molar-refractivity contribution in [3.05, 3.63) is 69.0 Å². The molecule has 128 valence electrons. The van der Waals surface area contributed by atoms with Gasteiger partial charge in [0.05, 0.1) is 4.91 Å². The SMILES string of the molecule is O=C1S/C(=C/c2cc(Br)ccc2O)C(=O)N1CCCc1ccccc1. The number of hydrogen-bond donors (Lipinski definition) is 1. The normalized spacial score (nSPS) is 16.0. The first-order valence-electron chi connectivity index (χ1n) is 7.82. The fourth-order valence-electron chi connectivity index (χ4n) is 2.56. The molecule has 3 rings (SSSR count). The van der Waals surface area contributed by atoms with Crippen LogP contribution in [0.15, 0.2) is 57.9 Å². The fourth-order valence-corrected chi connectivity index (χ4v) is 3.80. The number of aromatic hydroxyl groups is 1. The zero-order valence-electron chi connectivity index (χ0n) is 13.3. The lowest BCUT2D eigenvalue weighted by Crippen LogP contribution is -2.29. The standard InChI is InChI=1S/C19H16BrNO3S/c20-15-8-9-16(22)14(11-15)12-17-18(23)21(19(24)25-17)10-4-7-13-5-2-1-3-6-13/h1-3,5-6,8-9,11-12,22H,4,7,10H2/b17-12+. The van der Waals surface area contributed by atoms with Gasteiger partial charge in [-0.25, -0.2) is 0 Å². The summed E-state index contributed by atoms with van der Waals surface area (Å²) in [5.74, 6) is -0.235. The van der Waals surface area contributed by atoms with E-state index < -0.39 is 0 Å². The second kappa shape index (κ2) is 7.89. The van der Waals surface area contributed by atoms with Crippen LogP contribution in [0.2, 0.25) is 0 Å². The molecule has 0 unspecified atom stereocenters. The number of carbonyl (C=O) groups is 2. The molecule has 0 aromatic heterocycles. The van der Waals surface area contributed by atoms with Crippen molar-refractivity contribution < 1.29 is 14.7 Å². The summed E-state index contributed by atoms with van der Waals surface area (Å²) in [7, 11) is 0. The molecule has 0 radical (unpaired) electrons. The van der Waals surface area contributed by atoms with Gasteiger partial charge in [0.2, 0.25) is 0 Å². The van der Waals surface area contributed by atoms with Crippen LogP contribution in [-0.2, 0) is 11.2 Å². The number of phenolic OH excluding ortho intramolecular Hbond substituents is 1. The van der Waals surface area contributed by atoms with Crippen LogP contribution in [0.1, 0.15) is 17.5 Å². The number of benzene rings is 2. The molecule has 1 N–H and O–H groups in total. The summed E-state index contributed by atoms with van der Waals surface area (Å²) in [5, 5.41) is 9.63. The number of carbonyl (C=O) groups excluding carboxylic acids is 2. The minimum absolute atomic E-state index is 0.0686. The van der Waals surface area contributed by atoms with Crippen LogP contribution in [0, 0.1) is 0 Å². The van der Waals surface area contributed by atoms with Gasteiger partial charge in [-0.05, 0) is 54.4 Å². The molecule has 0 atom stereocenters. The number of amides is 2. The molecule has 0 bridgehead atoms. The molecule has 0 aliphatic carbocycles. The molecule has 6 heteroatoms. The van der Waals surface area contributed by atoms with Crippen LogP contribution in [0.3, 0.4) is 0 Å². The summed E-state index contributed by atoms with van der Waals surface area (Å²) in [5.41, 5.74) is 1.69. The lowest BCUT2D eigenvalue weighted by atomic mass is 10.1. The lowest BCUT2D eigenvalue weighted by Gasteiger charge is -2.12. The van der Waals surface area contributed by atoms with Gasteiger partial charge < -0.3 is 5.11 Å². The molecule has 0 saturated carbocycles. The second-order valence-electron chi connectivity index (χ2n) is 5.63. The van der Waals surface area contributed by atoms with Gasteiger partial charge in [0, 0.05) is 16.6 Å². The van der Waals surface area contributed by atoms with Gasteiger partial charge in [0.15, 0.2) is 0 Å². The van der Waals surface area contributed by atoms with E-state index in [0.717, 1.165) is 29.1 Å². The van der Waals surface area contributed by atoms with Crippen molar-refractivity contribution in [3.8, 4) is 5.75 Å². The maximum absolute atomic E-state index is 12.5. The molecule has 1 saturated heterocycles. The molecule has 2 aromatic rings. The van der Waals surface area contributed by atoms with E-state index >= 15 is 0 Å². The molecule has 2 amide bonds. The third-order valence-electron chi connectivity index (χ3n) is 3.84. The molecule has 1 aliphatic rings. The number of phenols is 1. The predicted octanol–water partition coefficient (Wildman–Crippen LogP) is 4.82. The Bertz CT molecular complexity index is 836. The number of rotatable bonds is 5. The monoisotopic (exact) mass is 417 g/mol. The van der Waals surface area contributed by atoms with Crippen LogP contribution in [0.4, 0.5) is 4.79 Å². The van der Waals surface area contributed by atoms with Crippen molar-refractivity contribution in [2.24, 2.45) is 0 Å². The minimum atomic E-state index is -0.303. The smallest absolute Gasteiger partial charge is 0.293 e. The van der Waals surface area contributed by atoms with Gasteiger partial charge in [-0.15, -0.1) is 0 Å². The van der Waals surface area contributed by atoms with Crippen LogP contribution in [0.25, 0.3) is 6.08 Å². The predicted molar refractivity (Wildman–Crippen MR) is 103 cm³/mol. The van der Waals surface area contributed by atoms with E-state index in [0.29, 0.717) is 17.0 Å². The zero-order valence-corrected chi connectivity index (χ0v) is 15.7. The fraction of sp³-hybridized carbons (Fsp3) is 0.158. The molecule has 1 heterocycles. The van der Waals surface area contributed by atoms with Gasteiger partial charge in [0.25, 0.3) is 11.1 Å². The van der Waals surface area contributed by atoms with Gasteiger partial charge in [-0.1, -0.05) is 46.3 Å². The maximum atomic E-state index is 12.5. The van der Waals surface area contributed by atoms with Crippen LogP contribution in [-0.4, -0.2) is 27.7 Å². The number of nitrogens with zero attached hydrogens (tertiary/aromatic N) is 1. The Morgan fingerprint density at radius 1 is 1.12 bits per heavy atom. The van der Waals surface area contributed by atoms with Crippen LogP contribution < -0.4 is 0 Å². The summed E-state index contributed by atoms with van der Waals surface area (Å²) in [4.78, 5) is 26.2. The largest absolute Gasteiger partial charge is 0.507 e. The number of thioether (sulfide) groups is 1. The van der Waals surface area contributed by atoms with Gasteiger partial charge in [-0.3, -0.25) is 14.5 Å². The molecule has 4 nitrogen and oxygen atoms in total. The molecule has 1 aliphatic heterocycles. The van der Waals surface area contributed by atoms with Crippen molar-refractivity contribution in [2.45, 2.75) is 12.8 Å². The highest BCUT2D eigenvalue weighted by Gasteiger charge is 2.34. The number of aryl methyl sites for hydroxylation is 1. The summed E-state index contributed by atoms with van der Waals surface area (Å²) in [6, 6.07) is 14.9. The van der Waals surface area contributed by atoms with E-state index in [4.69, 9.17) is 0 Å². The highest BCUT2D eigenvalue weighted by molar-refractivity contribution is 9.10. The highest BCUT2D eigenvalue weighted by atomic mass is 79.9. The van der Waals surface area contributed by atoms with E-state index in [1.54, 1.807) is 24.3 Å². The highest BCUT2D eigenvalue weighted by Crippen LogP contribution is 2.34. The zero-order chi connectivity index (χ0) is 17.8. The topological polar surface area (TPSA) is 57.6 Å². The Labute approximate surface area is 158 Å². The first-order chi connectivity index (χ1) is 12.0. The summed E-state index contributed by atoms with van der Waals surface area (Å²) in [6.07, 6.45) is 3.09. The number of halogens is 1. The van der Waals surface area contributed by atoms with Crippen molar-refractivity contribution in [1.29, 1.82) is 0 Å². The second-order valence-corrected chi connectivity index (χ2v) is 7.53. The van der Waals surface area contributed by atoms with Crippen LogP contribution in [0.5, 0.6) is 5.75 Å². The Morgan fingerprint density at radius 2 is 1.88 bits per heavy atom. The van der Waals surface area contributed by atoms with Gasteiger partial charge >= 0.3 is 0 Å². The van der Waals surface area contributed by atoms with Crippen molar-refractivity contribution >= 4 is 44.9 Å². The minimum Gasteiger partial charge on any atom is -0.507 e. The molecule has 1 fully saturated rings. The Balaban J connectivity index is 1.67. The summed E-state index contributed by atoms with van der Waals surface area (Å²) < 4.78 is 0.790. The Hall–Kier alpha value is -2.05. The molecule has 0 spiro atoms. The average molecular weight is 418 g/mol. The average Bonchev–Trinajstić information content (AvgIpc) is 2.86. The first kappa shape index (κ1) is 17.8. The first-order valence-corrected chi connectivity index (χ1v) is 9.43. The van der Waals surface area contributed by atoms with E-state index in [9.17, 15) is 14.7 Å². The maximum Gasteiger partial charge on any atom is 0.293 e. The number of hydrogen-bond acceptors (Lipinski definition) is 4. The third kappa shape index (κ3) is 4.32. The summed E-state index contributed by atoms with van der Waals surface area (Å²) in [6.45, 7) is 0.390. The van der Waals surface area contributed by atoms with Gasteiger partial charge in [0.1, 0.15) is 5.75 Å². The molecule has 2 aromatic carbocycles. The molecular weight excluding hydrogens is 402 g/mol. The van der Waals surface area contributed by atoms with Gasteiger partial charge in [-0.2, -0.15) is 0 Å². The lowest BCUT2D eigenvalue weighted by molar-refractivity contribution is -0.122. The van der Waals surface area contributed by atoms with Crippen LogP contribution >= 0.6 is 27.7 Å². The van der Waals surface area contributed by atoms with Crippen molar-refractivity contribution in [3.63, 3.8) is 0 Å². The van der Waals surface area contributed by atoms with E-state index in [-0.39, 0.29) is 16.9 Å². The van der Waals surface area contributed by atoms with E-state index in [1.807, 2.05) is 30.3 Å². The molecule has 25 heavy (non-hydrogen) atoms.